The number of carbonyl (C=O) groups is 6. The molecule has 4 unspecified atom stereocenters. The highest BCUT2D eigenvalue weighted by Crippen LogP contribution is 2.63. The zero-order chi connectivity index (χ0) is 77.4. The molecule has 6 heterocycles. The van der Waals surface area contributed by atoms with Crippen molar-refractivity contribution in [1.29, 1.82) is 0 Å². The number of imidazole rings is 2. The molecule has 0 aliphatic carbocycles. The van der Waals surface area contributed by atoms with Gasteiger partial charge in [-0.3, -0.25) is 65.0 Å². The number of anilines is 2. The molecule has 2 fully saturated rings. The van der Waals surface area contributed by atoms with E-state index in [9.17, 15) is 116 Å². The van der Waals surface area contributed by atoms with Crippen LogP contribution in [0.15, 0.2) is 38.0 Å². The number of phosphoric ester groups is 6. The van der Waals surface area contributed by atoms with Gasteiger partial charge >= 0.3 is 46.9 Å². The third-order valence-corrected chi connectivity index (χ3v) is 21.6. The minimum absolute atomic E-state index is 0.0290. The van der Waals surface area contributed by atoms with Gasteiger partial charge in [0.25, 0.3) is 0 Å². The number of hydrogen-bond donors (Lipinski definition) is 18. The summed E-state index contributed by atoms with van der Waals surface area (Å²) in [4.78, 5) is 172. The number of nitrogen functional groups attached to an aromatic ring is 2. The Morgan fingerprint density at radius 2 is 0.942 bits per heavy atom. The average molecular weight is 1630 g/mol. The molecule has 0 spiro atoms. The van der Waals surface area contributed by atoms with E-state index in [4.69, 9.17) is 39.0 Å². The van der Waals surface area contributed by atoms with Crippen LogP contribution in [0.25, 0.3) is 22.3 Å². The molecule has 0 aromatic carbocycles. The maximum atomic E-state index is 12.6. The molecule has 48 nitrogen and oxygen atoms in total. The second-order valence-electron chi connectivity index (χ2n) is 22.9. The van der Waals surface area contributed by atoms with E-state index >= 15 is 0 Å². The van der Waals surface area contributed by atoms with Crippen molar-refractivity contribution in [2.24, 2.45) is 10.8 Å². The lowest BCUT2D eigenvalue weighted by Crippen LogP contribution is -2.46. The number of aliphatic hydroxyl groups excluding tert-OH is 4. The van der Waals surface area contributed by atoms with Crippen molar-refractivity contribution in [3.63, 3.8) is 0 Å². The van der Waals surface area contributed by atoms with Gasteiger partial charge in [0.05, 0.1) is 39.1 Å². The Hall–Kier alpha value is -5.14. The molecule has 4 aromatic heterocycles. The quantitative estimate of drug-likeness (QED) is 0.0125. The van der Waals surface area contributed by atoms with Crippen molar-refractivity contribution in [2.75, 3.05) is 75.6 Å². The zero-order valence-electron chi connectivity index (χ0n) is 54.4. The Kier molecular flexibility index (Phi) is 32.3. The molecular formula is C47H76N14O34P6S2. The van der Waals surface area contributed by atoms with E-state index in [-0.39, 0.29) is 83.2 Å². The first-order valence-electron chi connectivity index (χ1n) is 29.3. The SMILES string of the molecule is C=CC(=O)SCCNC(=O)CCNC(=O)[C@H](O)C(C)(C)COP(=O)(O)OP(=O)(O)OC[C@H]1O[C@@H](n2cnc3c(N)ncnc32)[C@H](O)[C@@H]1OP(=O)(O)O.CC(=O)SCCNC(=O)CCNC(=O)[C@H](O)C(C)(C)COP(=O)(O)OP(=O)(O)OC[C@H]1O[C@@H](n2cnc3c(N)ncnc32)[C@H](O)[C@@H]1OP(=O)(O)O. The molecule has 6 rings (SSSR count). The number of carbonyl (C=O) groups excluding carboxylic acids is 6. The summed E-state index contributed by atoms with van der Waals surface area (Å²) in [7, 11) is -32.7. The lowest BCUT2D eigenvalue weighted by atomic mass is 9.87. The molecule has 2 aliphatic rings. The summed E-state index contributed by atoms with van der Waals surface area (Å²) < 4.78 is 124. The molecule has 580 valence electrons. The summed E-state index contributed by atoms with van der Waals surface area (Å²) in [5, 5.41) is 52.0. The number of ether oxygens (including phenoxy) is 2. The van der Waals surface area contributed by atoms with Crippen LogP contribution in [-0.2, 0) is 101 Å². The van der Waals surface area contributed by atoms with Crippen LogP contribution in [0, 0.1) is 10.8 Å². The van der Waals surface area contributed by atoms with E-state index in [0.29, 0.717) is 11.5 Å². The number of amides is 4. The van der Waals surface area contributed by atoms with Gasteiger partial charge in [0.15, 0.2) is 40.5 Å². The number of aromatic nitrogens is 8. The van der Waals surface area contributed by atoms with Crippen molar-refractivity contribution >= 4 is 138 Å². The highest BCUT2D eigenvalue weighted by Gasteiger charge is 2.52. The first-order valence-corrected chi connectivity index (χ1v) is 40.3. The topological polar surface area (TPSA) is 727 Å². The maximum Gasteiger partial charge on any atom is 0.481 e. The molecule has 0 radical (unpaired) electrons. The summed E-state index contributed by atoms with van der Waals surface area (Å²) in [6.45, 7) is 5.67. The third-order valence-electron chi connectivity index (χ3n) is 13.7. The third kappa shape index (κ3) is 27.9. The molecule has 2 aliphatic heterocycles. The molecule has 103 heavy (non-hydrogen) atoms. The normalized spacial score (nSPS) is 22.5. The largest absolute Gasteiger partial charge is 0.481 e. The standard InChI is InChI=1S/C24H38N7O17P3S.C23H38N7O17P3S/c1-4-15(33)52-8-7-26-14(32)5-6-27-22(36)19(35)24(2,3)10-45-51(42,43)48-50(40,41)44-9-13-18(47-49(37,38)39)17(34)23(46-13)31-12-30-16-20(25)28-11-29-21(16)31;1-12(31)51-7-6-25-14(32)4-5-26-21(35)18(34)23(2,3)9-44-50(41,42)47-49(39,40)43-8-13-17(46-48(36,37)38)16(33)22(45-13)30-11-29-15-19(24)27-10-28-20(15)30/h4,11-13,17-19,23,34-35H,1,5-10H2,2-3H3,(H,26,32)(H,27,36)(H,40,41)(H,42,43)(H2,25,28,29)(H2,37,38,39);10-11,13,16-18,22,33-34H,4-9H2,1-3H3,(H,25,32)(H,26,35)(H,39,40)(H,41,42)(H2,24,27,28)(H2,36,37,38)/t13-,17-,18-,19+,23-;13-,16-,17-,18+,22-/m11/s1. The summed E-state index contributed by atoms with van der Waals surface area (Å²) in [5.74, 6) is -2.26. The zero-order valence-corrected chi connectivity index (χ0v) is 61.4. The van der Waals surface area contributed by atoms with E-state index in [0.717, 1.165) is 64.0 Å². The number of thioether (sulfide) groups is 2. The van der Waals surface area contributed by atoms with Crippen LogP contribution in [0.1, 0.15) is 59.9 Å². The Balaban J connectivity index is 0.000000371. The van der Waals surface area contributed by atoms with Gasteiger partial charge < -0.3 is 102 Å². The smallest absolute Gasteiger partial charge is 0.386 e. The van der Waals surface area contributed by atoms with Crippen LogP contribution in [0.5, 0.6) is 0 Å². The van der Waals surface area contributed by atoms with Gasteiger partial charge in [-0.25, -0.2) is 57.3 Å². The van der Waals surface area contributed by atoms with E-state index in [1.807, 2.05) is 0 Å². The highest BCUT2D eigenvalue weighted by molar-refractivity contribution is 8.14. The van der Waals surface area contributed by atoms with Crippen LogP contribution in [-0.4, -0.2) is 245 Å². The highest BCUT2D eigenvalue weighted by atomic mass is 32.2. The Bertz CT molecular complexity index is 3960. The molecule has 0 saturated carbocycles. The van der Waals surface area contributed by atoms with Crippen LogP contribution in [0.4, 0.5) is 11.6 Å². The van der Waals surface area contributed by atoms with Gasteiger partial charge in [-0.05, 0) is 6.08 Å². The van der Waals surface area contributed by atoms with Crippen molar-refractivity contribution in [2.45, 2.75) is 109 Å². The fraction of sp³-hybridized carbons (Fsp3) is 0.617. The number of rotatable bonds is 39. The number of nitrogens with zero attached hydrogens (tertiary/aromatic N) is 8. The summed E-state index contributed by atoms with van der Waals surface area (Å²) in [6, 6.07) is 0. The number of aliphatic hydroxyl groups is 4. The second kappa shape index (κ2) is 37.6. The number of phosphoric acid groups is 6. The fourth-order valence-corrected chi connectivity index (χ4v) is 15.3. The predicted molar refractivity (Wildman–Crippen MR) is 350 cm³/mol. The predicted octanol–water partition coefficient (Wildman–Crippen LogP) is -2.46. The van der Waals surface area contributed by atoms with Crippen LogP contribution >= 0.6 is 70.5 Å². The van der Waals surface area contributed by atoms with Gasteiger partial charge in [0, 0.05) is 68.3 Å². The first kappa shape index (κ1) is 88.5. The lowest BCUT2D eigenvalue weighted by Gasteiger charge is -2.30. The Labute approximate surface area is 590 Å². The molecule has 4 amide bonds. The summed E-state index contributed by atoms with van der Waals surface area (Å²) >= 11 is 1.98. The van der Waals surface area contributed by atoms with Crippen molar-refractivity contribution in [3.8, 4) is 0 Å². The Morgan fingerprint density at radius 1 is 0.583 bits per heavy atom. The first-order chi connectivity index (χ1) is 47.6. The minimum atomic E-state index is -5.56. The molecule has 2 saturated heterocycles. The molecule has 56 heteroatoms. The second-order valence-corrected chi connectivity index (χ2v) is 33.7. The van der Waals surface area contributed by atoms with E-state index in [1.54, 1.807) is 0 Å². The summed E-state index contributed by atoms with van der Waals surface area (Å²) in [6.07, 6.45) is -12.7. The van der Waals surface area contributed by atoms with Gasteiger partial charge in [-0.2, -0.15) is 8.62 Å². The number of hydrogen-bond acceptors (Lipinski definition) is 36. The van der Waals surface area contributed by atoms with Crippen molar-refractivity contribution in [1.82, 2.24) is 60.3 Å². The van der Waals surface area contributed by atoms with Crippen LogP contribution < -0.4 is 32.7 Å². The number of nitrogens with two attached hydrogens (primary N) is 2. The molecular weight excluding hydrogens is 1550 g/mol. The Morgan fingerprint density at radius 3 is 1.29 bits per heavy atom. The van der Waals surface area contributed by atoms with Crippen LogP contribution in [0.2, 0.25) is 0 Å². The van der Waals surface area contributed by atoms with Gasteiger partial charge in [0.2, 0.25) is 28.7 Å². The number of fused-ring (bicyclic) bond motifs is 2. The fourth-order valence-electron chi connectivity index (χ4n) is 8.67. The summed E-state index contributed by atoms with van der Waals surface area (Å²) in [5.41, 5.74) is 8.51. The number of nitrogens with one attached hydrogen (secondary N) is 4. The molecule has 4 aromatic rings. The minimum Gasteiger partial charge on any atom is -0.386 e. The van der Waals surface area contributed by atoms with E-state index in [2.05, 4.69) is 75.4 Å². The average Bonchev–Trinajstić information content (AvgIpc) is 1.63. The lowest BCUT2D eigenvalue weighted by molar-refractivity contribution is -0.137. The van der Waals surface area contributed by atoms with Crippen molar-refractivity contribution in [3.05, 3.63) is 38.0 Å². The molecule has 0 bridgehead atoms. The van der Waals surface area contributed by atoms with E-state index < -0.39 is 169 Å². The van der Waals surface area contributed by atoms with Crippen molar-refractivity contribution < 1.29 is 161 Å². The van der Waals surface area contributed by atoms with Gasteiger partial charge in [-0.15, -0.1) is 0 Å². The van der Waals surface area contributed by atoms with Crippen LogP contribution in [0.3, 0.4) is 0 Å². The molecule has 14 atom stereocenters. The molecule has 20 N–H and O–H groups in total. The monoisotopic (exact) mass is 1630 g/mol. The maximum absolute atomic E-state index is 12.6. The van der Waals surface area contributed by atoms with Gasteiger partial charge in [-0.1, -0.05) is 57.8 Å². The van der Waals surface area contributed by atoms with E-state index in [1.165, 1.54) is 34.6 Å². The van der Waals surface area contributed by atoms with Gasteiger partial charge in [0.1, 0.15) is 72.5 Å².